The number of aromatic nitrogens is 3. The molecular formula is C19H19N5O3. The molecule has 1 unspecified atom stereocenters. The second-order valence-corrected chi connectivity index (χ2v) is 6.44. The van der Waals surface area contributed by atoms with Gasteiger partial charge in [0.15, 0.2) is 0 Å². The van der Waals surface area contributed by atoms with E-state index in [0.29, 0.717) is 31.2 Å². The quantitative estimate of drug-likeness (QED) is 0.720. The highest BCUT2D eigenvalue weighted by Gasteiger charge is 2.35. The summed E-state index contributed by atoms with van der Waals surface area (Å²) >= 11 is 0. The summed E-state index contributed by atoms with van der Waals surface area (Å²) in [5.74, 6) is 0.660. The Kier molecular flexibility index (Phi) is 4.69. The normalized spacial score (nSPS) is 16.7. The fraction of sp³-hybridized carbons (Fsp3) is 0.263. The number of carbonyl (C=O) groups is 2. The Bertz CT molecular complexity index is 920. The molecule has 0 spiro atoms. The second-order valence-electron chi connectivity index (χ2n) is 6.44. The molecule has 4 rings (SSSR count). The summed E-state index contributed by atoms with van der Waals surface area (Å²) in [6.45, 7) is 1.21. The molecule has 138 valence electrons. The van der Waals surface area contributed by atoms with Crippen LogP contribution in [-0.4, -0.2) is 38.0 Å². The number of carbonyl (C=O) groups excluding carboxylic acids is 2. The van der Waals surface area contributed by atoms with E-state index in [1.165, 1.54) is 0 Å². The van der Waals surface area contributed by atoms with E-state index in [1.807, 2.05) is 24.3 Å². The van der Waals surface area contributed by atoms with Gasteiger partial charge in [-0.1, -0.05) is 6.07 Å². The zero-order chi connectivity index (χ0) is 18.6. The molecule has 2 amide bonds. The molecular weight excluding hydrogens is 346 g/mol. The average molecular weight is 365 g/mol. The number of hydrogen-bond donors (Lipinski definition) is 1. The summed E-state index contributed by atoms with van der Waals surface area (Å²) in [6.07, 6.45) is 5.11. The summed E-state index contributed by atoms with van der Waals surface area (Å²) in [4.78, 5) is 30.8. The van der Waals surface area contributed by atoms with Gasteiger partial charge < -0.3 is 14.6 Å². The van der Waals surface area contributed by atoms with Crippen molar-refractivity contribution in [3.63, 3.8) is 0 Å². The maximum Gasteiger partial charge on any atom is 0.230 e. The van der Waals surface area contributed by atoms with Gasteiger partial charge in [-0.3, -0.25) is 14.6 Å². The summed E-state index contributed by atoms with van der Waals surface area (Å²) < 4.78 is 6.96. The molecule has 8 heteroatoms. The van der Waals surface area contributed by atoms with Gasteiger partial charge in [-0.2, -0.15) is 5.10 Å². The Labute approximate surface area is 155 Å². The summed E-state index contributed by atoms with van der Waals surface area (Å²) in [7, 11) is 0. The molecule has 1 aliphatic heterocycles. The zero-order valence-corrected chi connectivity index (χ0v) is 14.6. The van der Waals surface area contributed by atoms with Crippen molar-refractivity contribution in [3.05, 3.63) is 66.5 Å². The number of nitrogens with one attached hydrogen (secondary N) is 1. The Balaban J connectivity index is 1.38. The minimum atomic E-state index is -0.398. The molecule has 1 aliphatic rings. The molecule has 0 bridgehead atoms. The third kappa shape index (κ3) is 3.89. The standard InChI is InChI=1S/C19H19N5O3/c25-18-10-14(11-23(18)13-16-5-3-9-27-16)19(26)22-17-6-8-21-24(17)12-15-4-1-2-7-20-15/h1-9,14H,10-13H2,(H,22,26). The maximum atomic E-state index is 12.6. The monoisotopic (exact) mass is 365 g/mol. The van der Waals surface area contributed by atoms with Crippen molar-refractivity contribution < 1.29 is 14.0 Å². The largest absolute Gasteiger partial charge is 0.467 e. The van der Waals surface area contributed by atoms with Gasteiger partial charge in [-0.25, -0.2) is 4.68 Å². The molecule has 3 aromatic rings. The fourth-order valence-corrected chi connectivity index (χ4v) is 3.13. The highest BCUT2D eigenvalue weighted by molar-refractivity contribution is 5.96. The summed E-state index contributed by atoms with van der Waals surface area (Å²) in [6, 6.07) is 11.0. The third-order valence-electron chi connectivity index (χ3n) is 4.52. The van der Waals surface area contributed by atoms with Crippen molar-refractivity contribution in [3.8, 4) is 0 Å². The van der Waals surface area contributed by atoms with Crippen molar-refractivity contribution in [2.45, 2.75) is 19.5 Å². The van der Waals surface area contributed by atoms with Crippen LogP contribution in [0, 0.1) is 5.92 Å². The predicted octanol–water partition coefficient (Wildman–Crippen LogP) is 1.91. The number of pyridine rings is 1. The SMILES string of the molecule is O=C(Nc1ccnn1Cc1ccccn1)C1CC(=O)N(Cc2ccco2)C1. The van der Waals surface area contributed by atoms with Crippen LogP contribution in [0.4, 0.5) is 5.82 Å². The number of nitrogens with zero attached hydrogens (tertiary/aromatic N) is 4. The Morgan fingerprint density at radius 3 is 2.89 bits per heavy atom. The molecule has 1 atom stereocenters. The Hall–Kier alpha value is -3.42. The topological polar surface area (TPSA) is 93.3 Å². The average Bonchev–Trinajstić information content (AvgIpc) is 3.40. The first kappa shape index (κ1) is 17.0. The maximum absolute atomic E-state index is 12.6. The van der Waals surface area contributed by atoms with Crippen LogP contribution in [0.5, 0.6) is 0 Å². The highest BCUT2D eigenvalue weighted by Crippen LogP contribution is 2.22. The van der Waals surface area contributed by atoms with E-state index in [9.17, 15) is 9.59 Å². The lowest BCUT2D eigenvalue weighted by Gasteiger charge is -2.15. The molecule has 3 aromatic heterocycles. The van der Waals surface area contributed by atoms with E-state index in [4.69, 9.17) is 4.42 Å². The van der Waals surface area contributed by atoms with Gasteiger partial charge in [0, 0.05) is 25.2 Å². The molecule has 27 heavy (non-hydrogen) atoms. The van der Waals surface area contributed by atoms with E-state index in [2.05, 4.69) is 15.4 Å². The molecule has 0 radical (unpaired) electrons. The molecule has 4 heterocycles. The Morgan fingerprint density at radius 1 is 1.19 bits per heavy atom. The van der Waals surface area contributed by atoms with Crippen LogP contribution in [0.15, 0.2) is 59.5 Å². The minimum absolute atomic E-state index is 0.0476. The van der Waals surface area contributed by atoms with Crippen LogP contribution >= 0.6 is 0 Å². The number of hydrogen-bond acceptors (Lipinski definition) is 5. The van der Waals surface area contributed by atoms with Crippen LogP contribution in [0.1, 0.15) is 17.9 Å². The lowest BCUT2D eigenvalue weighted by Crippen LogP contribution is -2.28. The lowest BCUT2D eigenvalue weighted by molar-refractivity contribution is -0.128. The van der Waals surface area contributed by atoms with Crippen LogP contribution in [-0.2, 0) is 22.7 Å². The van der Waals surface area contributed by atoms with E-state index >= 15 is 0 Å². The van der Waals surface area contributed by atoms with E-state index in [1.54, 1.807) is 40.4 Å². The molecule has 0 aromatic carbocycles. The van der Waals surface area contributed by atoms with Crippen LogP contribution in [0.25, 0.3) is 0 Å². The lowest BCUT2D eigenvalue weighted by atomic mass is 10.1. The van der Waals surface area contributed by atoms with Gasteiger partial charge >= 0.3 is 0 Å². The molecule has 0 aliphatic carbocycles. The first-order chi connectivity index (χ1) is 13.2. The van der Waals surface area contributed by atoms with Crippen LogP contribution < -0.4 is 5.32 Å². The first-order valence-electron chi connectivity index (χ1n) is 8.72. The van der Waals surface area contributed by atoms with E-state index in [0.717, 1.165) is 5.69 Å². The molecule has 8 nitrogen and oxygen atoms in total. The van der Waals surface area contributed by atoms with E-state index in [-0.39, 0.29) is 18.2 Å². The zero-order valence-electron chi connectivity index (χ0n) is 14.6. The minimum Gasteiger partial charge on any atom is -0.467 e. The van der Waals surface area contributed by atoms with Gasteiger partial charge in [0.2, 0.25) is 11.8 Å². The smallest absolute Gasteiger partial charge is 0.230 e. The summed E-state index contributed by atoms with van der Waals surface area (Å²) in [5, 5.41) is 7.13. The molecule has 1 saturated heterocycles. The molecule has 1 N–H and O–H groups in total. The van der Waals surface area contributed by atoms with Crippen molar-refractivity contribution in [2.24, 2.45) is 5.92 Å². The first-order valence-corrected chi connectivity index (χ1v) is 8.72. The summed E-state index contributed by atoms with van der Waals surface area (Å²) in [5.41, 5.74) is 0.845. The van der Waals surface area contributed by atoms with Gasteiger partial charge in [0.05, 0.1) is 37.2 Å². The van der Waals surface area contributed by atoms with Crippen LogP contribution in [0.3, 0.4) is 0 Å². The number of likely N-dealkylation sites (tertiary alicyclic amines) is 1. The highest BCUT2D eigenvalue weighted by atomic mass is 16.3. The Morgan fingerprint density at radius 2 is 2.11 bits per heavy atom. The van der Waals surface area contributed by atoms with Crippen molar-refractivity contribution in [1.82, 2.24) is 19.7 Å². The van der Waals surface area contributed by atoms with E-state index < -0.39 is 5.92 Å². The van der Waals surface area contributed by atoms with Crippen molar-refractivity contribution in [1.29, 1.82) is 0 Å². The van der Waals surface area contributed by atoms with Crippen molar-refractivity contribution >= 4 is 17.6 Å². The number of amides is 2. The van der Waals surface area contributed by atoms with Gasteiger partial charge in [-0.05, 0) is 24.3 Å². The van der Waals surface area contributed by atoms with Gasteiger partial charge in [-0.15, -0.1) is 0 Å². The van der Waals surface area contributed by atoms with Crippen molar-refractivity contribution in [2.75, 3.05) is 11.9 Å². The van der Waals surface area contributed by atoms with Crippen LogP contribution in [0.2, 0.25) is 0 Å². The second kappa shape index (κ2) is 7.45. The fourth-order valence-electron chi connectivity index (χ4n) is 3.13. The van der Waals surface area contributed by atoms with Gasteiger partial charge in [0.1, 0.15) is 11.6 Å². The van der Waals surface area contributed by atoms with Gasteiger partial charge in [0.25, 0.3) is 0 Å². The predicted molar refractivity (Wildman–Crippen MR) is 96.4 cm³/mol. The number of rotatable bonds is 6. The third-order valence-corrected chi connectivity index (χ3v) is 4.52. The molecule has 1 fully saturated rings. The number of furan rings is 1. The molecule has 0 saturated carbocycles. The number of anilines is 1.